The summed E-state index contributed by atoms with van der Waals surface area (Å²) in [6.45, 7) is 8.49. The Balaban J connectivity index is 1.89. The summed E-state index contributed by atoms with van der Waals surface area (Å²) >= 11 is 0. The first kappa shape index (κ1) is 28.6. The number of fused-ring (bicyclic) bond motifs is 1. The molecule has 0 spiro atoms. The van der Waals surface area contributed by atoms with Crippen LogP contribution < -0.4 is 19.7 Å². The number of amides is 2. The highest BCUT2D eigenvalue weighted by atomic mass is 16.5. The van der Waals surface area contributed by atoms with E-state index in [1.54, 1.807) is 34.9 Å². The second-order valence-corrected chi connectivity index (χ2v) is 10.2. The largest absolute Gasteiger partial charge is 0.493 e. The Labute approximate surface area is 235 Å². The molecule has 0 radical (unpaired) electrons. The highest BCUT2D eigenvalue weighted by molar-refractivity contribution is 6.02. The molecule has 0 bridgehead atoms. The van der Waals surface area contributed by atoms with Gasteiger partial charge in [0.1, 0.15) is 18.1 Å². The third-order valence-electron chi connectivity index (χ3n) is 7.06. The third-order valence-corrected chi connectivity index (χ3v) is 7.06. The molecule has 2 amide bonds. The van der Waals surface area contributed by atoms with Gasteiger partial charge in [-0.05, 0) is 61.6 Å². The molecule has 0 aliphatic rings. The number of aryl methyl sites for hydroxylation is 1. The van der Waals surface area contributed by atoms with E-state index in [2.05, 4.69) is 29.5 Å². The number of benzene rings is 3. The first-order valence-corrected chi connectivity index (χ1v) is 13.4. The molecule has 40 heavy (non-hydrogen) atoms. The number of aromatic nitrogens is 3. The van der Waals surface area contributed by atoms with Crippen LogP contribution in [0.1, 0.15) is 43.0 Å². The fourth-order valence-electron chi connectivity index (χ4n) is 4.76. The average Bonchev–Trinajstić information content (AvgIpc) is 3.35. The Hall–Kier alpha value is -4.40. The molecule has 9 heteroatoms. The van der Waals surface area contributed by atoms with Crippen LogP contribution in [0.3, 0.4) is 0 Å². The van der Waals surface area contributed by atoms with Gasteiger partial charge in [0.2, 0.25) is 11.8 Å². The van der Waals surface area contributed by atoms with E-state index in [0.29, 0.717) is 40.7 Å². The van der Waals surface area contributed by atoms with E-state index in [4.69, 9.17) is 9.47 Å². The van der Waals surface area contributed by atoms with E-state index in [0.717, 1.165) is 23.1 Å². The van der Waals surface area contributed by atoms with Crippen LogP contribution in [-0.4, -0.2) is 47.6 Å². The van der Waals surface area contributed by atoms with Gasteiger partial charge in [0.05, 0.1) is 19.7 Å². The Morgan fingerprint density at radius 2 is 1.73 bits per heavy atom. The average molecular weight is 544 g/mol. The van der Waals surface area contributed by atoms with Crippen molar-refractivity contribution in [3.8, 4) is 11.5 Å². The minimum Gasteiger partial charge on any atom is -0.493 e. The zero-order valence-electron chi connectivity index (χ0n) is 24.0. The minimum atomic E-state index is -1.04. The second kappa shape index (κ2) is 12.6. The molecule has 4 rings (SSSR count). The first-order valence-electron chi connectivity index (χ1n) is 13.4. The SMILES string of the molecule is COc1cccc([C@H](C(=O)NCCC(C)C)N(C(=O)Cn2nnc3ccccc32)c2cccc(C)c2C)c1OC. The van der Waals surface area contributed by atoms with Gasteiger partial charge >= 0.3 is 0 Å². The highest BCUT2D eigenvalue weighted by Gasteiger charge is 2.36. The quantitative estimate of drug-likeness (QED) is 0.286. The molecule has 1 aromatic heterocycles. The van der Waals surface area contributed by atoms with Crippen molar-refractivity contribution in [2.24, 2.45) is 5.92 Å². The molecule has 1 atom stereocenters. The maximum Gasteiger partial charge on any atom is 0.249 e. The maximum atomic E-state index is 14.4. The summed E-state index contributed by atoms with van der Waals surface area (Å²) in [5.74, 6) is 0.629. The summed E-state index contributed by atoms with van der Waals surface area (Å²) in [6.07, 6.45) is 0.802. The van der Waals surface area contributed by atoms with Gasteiger partial charge in [0, 0.05) is 17.8 Å². The van der Waals surface area contributed by atoms with Gasteiger partial charge in [-0.25, -0.2) is 4.68 Å². The number of rotatable bonds is 11. The van der Waals surface area contributed by atoms with E-state index in [1.807, 2.05) is 56.3 Å². The Kier molecular flexibility index (Phi) is 9.04. The van der Waals surface area contributed by atoms with Gasteiger partial charge in [0.25, 0.3) is 0 Å². The van der Waals surface area contributed by atoms with E-state index in [-0.39, 0.29) is 18.4 Å². The smallest absolute Gasteiger partial charge is 0.249 e. The molecule has 0 unspecified atom stereocenters. The van der Waals surface area contributed by atoms with E-state index in [1.165, 1.54) is 7.11 Å². The lowest BCUT2D eigenvalue weighted by Crippen LogP contribution is -2.46. The van der Waals surface area contributed by atoms with Crippen molar-refractivity contribution in [2.75, 3.05) is 25.7 Å². The predicted octanol–water partition coefficient (Wildman–Crippen LogP) is 5.00. The van der Waals surface area contributed by atoms with Crippen LogP contribution in [0.4, 0.5) is 5.69 Å². The summed E-state index contributed by atoms with van der Waals surface area (Å²) in [7, 11) is 3.07. The van der Waals surface area contributed by atoms with Crippen molar-refractivity contribution in [1.29, 1.82) is 0 Å². The lowest BCUT2D eigenvalue weighted by atomic mass is 9.98. The topological polar surface area (TPSA) is 98.6 Å². The normalized spacial score (nSPS) is 11.9. The number of carbonyl (C=O) groups excluding carboxylic acids is 2. The van der Waals surface area contributed by atoms with Crippen LogP contribution in [0.25, 0.3) is 11.0 Å². The molecular formula is C31H37N5O4. The van der Waals surface area contributed by atoms with E-state index < -0.39 is 6.04 Å². The zero-order valence-corrected chi connectivity index (χ0v) is 24.0. The van der Waals surface area contributed by atoms with Crippen molar-refractivity contribution in [3.63, 3.8) is 0 Å². The molecule has 4 aromatic rings. The summed E-state index contributed by atoms with van der Waals surface area (Å²) in [6, 6.07) is 17.5. The van der Waals surface area contributed by atoms with Gasteiger partial charge in [-0.2, -0.15) is 0 Å². The summed E-state index contributed by atoms with van der Waals surface area (Å²) in [5.41, 5.74) is 4.45. The molecular weight excluding hydrogens is 506 g/mol. The number of carbonyl (C=O) groups is 2. The molecule has 1 heterocycles. The van der Waals surface area contributed by atoms with Crippen molar-refractivity contribution in [3.05, 3.63) is 77.4 Å². The Morgan fingerprint density at radius 1 is 0.975 bits per heavy atom. The van der Waals surface area contributed by atoms with Gasteiger partial charge in [-0.15, -0.1) is 5.10 Å². The molecule has 0 fully saturated rings. The Morgan fingerprint density at radius 3 is 2.45 bits per heavy atom. The number of hydrogen-bond donors (Lipinski definition) is 1. The van der Waals surface area contributed by atoms with Crippen LogP contribution in [0.2, 0.25) is 0 Å². The number of nitrogens with one attached hydrogen (secondary N) is 1. The van der Waals surface area contributed by atoms with Crippen LogP contribution in [0, 0.1) is 19.8 Å². The minimum absolute atomic E-state index is 0.115. The number of ether oxygens (including phenoxy) is 2. The molecule has 9 nitrogen and oxygen atoms in total. The molecule has 0 aliphatic carbocycles. The predicted molar refractivity (Wildman–Crippen MR) is 156 cm³/mol. The van der Waals surface area contributed by atoms with Crippen LogP contribution >= 0.6 is 0 Å². The number of methoxy groups -OCH3 is 2. The van der Waals surface area contributed by atoms with Gasteiger partial charge in [-0.3, -0.25) is 14.5 Å². The fourth-order valence-corrected chi connectivity index (χ4v) is 4.76. The zero-order chi connectivity index (χ0) is 28.8. The maximum absolute atomic E-state index is 14.4. The molecule has 0 saturated heterocycles. The number of para-hydroxylation sites is 2. The van der Waals surface area contributed by atoms with E-state index >= 15 is 0 Å². The highest BCUT2D eigenvalue weighted by Crippen LogP contribution is 2.40. The van der Waals surface area contributed by atoms with Gasteiger partial charge in [0.15, 0.2) is 11.5 Å². The van der Waals surface area contributed by atoms with Crippen LogP contribution in [0.5, 0.6) is 11.5 Å². The first-order chi connectivity index (χ1) is 19.3. The summed E-state index contributed by atoms with van der Waals surface area (Å²) in [4.78, 5) is 30.0. The summed E-state index contributed by atoms with van der Waals surface area (Å²) < 4.78 is 12.9. The molecule has 1 N–H and O–H groups in total. The van der Waals surface area contributed by atoms with Crippen LogP contribution in [0.15, 0.2) is 60.7 Å². The summed E-state index contributed by atoms with van der Waals surface area (Å²) in [5, 5.41) is 11.5. The number of hydrogen-bond acceptors (Lipinski definition) is 6. The molecule has 3 aromatic carbocycles. The van der Waals surface area contributed by atoms with Gasteiger partial charge in [-0.1, -0.05) is 55.5 Å². The fraction of sp³-hybridized carbons (Fsp3) is 0.355. The lowest BCUT2D eigenvalue weighted by molar-refractivity contribution is -0.127. The number of nitrogens with zero attached hydrogens (tertiary/aromatic N) is 4. The van der Waals surface area contributed by atoms with Gasteiger partial charge < -0.3 is 14.8 Å². The van der Waals surface area contributed by atoms with Crippen molar-refractivity contribution in [1.82, 2.24) is 20.3 Å². The van der Waals surface area contributed by atoms with Crippen molar-refractivity contribution in [2.45, 2.75) is 46.7 Å². The molecule has 0 aliphatic heterocycles. The monoisotopic (exact) mass is 543 g/mol. The molecule has 210 valence electrons. The third kappa shape index (κ3) is 5.93. The lowest BCUT2D eigenvalue weighted by Gasteiger charge is -2.34. The van der Waals surface area contributed by atoms with E-state index in [9.17, 15) is 9.59 Å². The molecule has 0 saturated carbocycles. The number of anilines is 1. The van der Waals surface area contributed by atoms with Crippen molar-refractivity contribution >= 4 is 28.5 Å². The second-order valence-electron chi connectivity index (χ2n) is 10.2. The standard InChI is InChI=1S/C31H37N5O4/c1-20(2)17-18-32-31(38)29(23-12-10-16-27(39-5)30(23)40-6)36(25-15-9-11-21(3)22(25)4)28(37)19-35-26-14-8-7-13-24(26)33-34-35/h7-16,20,29H,17-19H2,1-6H3,(H,32,38)/t29-/m1/s1. The Bertz CT molecular complexity index is 1500. The van der Waals surface area contributed by atoms with Crippen molar-refractivity contribution < 1.29 is 19.1 Å². The van der Waals surface area contributed by atoms with Crippen LogP contribution in [-0.2, 0) is 16.1 Å².